The normalized spacial score (nSPS) is 15.2. The van der Waals surface area contributed by atoms with Gasteiger partial charge in [0.1, 0.15) is 11.3 Å². The van der Waals surface area contributed by atoms with Crippen molar-refractivity contribution in [3.63, 3.8) is 0 Å². The Labute approximate surface area is 104 Å². The van der Waals surface area contributed by atoms with E-state index in [1.54, 1.807) is 0 Å². The number of rotatable bonds is 0. The van der Waals surface area contributed by atoms with Crippen LogP contribution in [0.5, 0.6) is 0 Å². The topological polar surface area (TPSA) is 13.1 Å². The molecule has 1 heterocycles. The number of para-hydroxylation sites is 1. The van der Waals surface area contributed by atoms with Crippen molar-refractivity contribution < 1.29 is 4.42 Å². The Hall–Kier alpha value is -0.540. The molecule has 15 heavy (non-hydrogen) atoms. The van der Waals surface area contributed by atoms with E-state index in [0.29, 0.717) is 0 Å². The quantitative estimate of drug-likeness (QED) is 0.672. The molecule has 0 saturated heterocycles. The molecule has 0 fully saturated rings. The Morgan fingerprint density at radius 3 is 2.93 bits per heavy atom. The van der Waals surface area contributed by atoms with Crippen LogP contribution < -0.4 is 0 Å². The van der Waals surface area contributed by atoms with E-state index in [0.717, 1.165) is 33.1 Å². The van der Waals surface area contributed by atoms with Crippen molar-refractivity contribution in [2.24, 2.45) is 0 Å². The van der Waals surface area contributed by atoms with Gasteiger partial charge in [0, 0.05) is 10.9 Å². The van der Waals surface area contributed by atoms with Crippen LogP contribution in [-0.2, 0) is 6.42 Å². The van der Waals surface area contributed by atoms with Crippen LogP contribution in [0.2, 0.25) is 0 Å². The summed E-state index contributed by atoms with van der Waals surface area (Å²) in [4.78, 5) is 0. The summed E-state index contributed by atoms with van der Waals surface area (Å²) in [5, 5.41) is 1.23. The van der Waals surface area contributed by atoms with Crippen LogP contribution in [0.1, 0.15) is 17.7 Å². The number of hydrogen-bond donors (Lipinski definition) is 0. The van der Waals surface area contributed by atoms with Gasteiger partial charge in [-0.1, -0.05) is 18.2 Å². The van der Waals surface area contributed by atoms with Crippen LogP contribution >= 0.6 is 31.9 Å². The molecule has 2 aromatic rings. The van der Waals surface area contributed by atoms with Crippen molar-refractivity contribution in [1.82, 2.24) is 0 Å². The van der Waals surface area contributed by atoms with Crippen molar-refractivity contribution in [3.05, 3.63) is 40.1 Å². The number of allylic oxidation sites excluding steroid dienone is 1. The molecule has 0 N–H and O–H groups in total. The Kier molecular flexibility index (Phi) is 2.25. The first-order chi connectivity index (χ1) is 7.27. The summed E-state index contributed by atoms with van der Waals surface area (Å²) in [5.41, 5.74) is 2.27. The Bertz CT molecular complexity index is 566. The standard InChI is InChI=1S/C12H8Br2O/c13-9-5-1-3-7-8-4-2-6-10(14)12(8)15-11(7)9/h1,3,5-6H,2,4H2. The van der Waals surface area contributed by atoms with Gasteiger partial charge >= 0.3 is 0 Å². The fourth-order valence-corrected chi connectivity index (χ4v) is 3.01. The van der Waals surface area contributed by atoms with Crippen LogP contribution in [-0.4, -0.2) is 0 Å². The fraction of sp³-hybridized carbons (Fsp3) is 0.167. The van der Waals surface area contributed by atoms with E-state index in [4.69, 9.17) is 4.42 Å². The third kappa shape index (κ3) is 1.41. The molecular weight excluding hydrogens is 320 g/mol. The molecule has 1 aromatic heterocycles. The number of aryl methyl sites for hydroxylation is 1. The van der Waals surface area contributed by atoms with Gasteiger partial charge in [0.2, 0.25) is 0 Å². The molecule has 76 valence electrons. The second-order valence-corrected chi connectivity index (χ2v) is 5.33. The largest absolute Gasteiger partial charge is 0.454 e. The van der Waals surface area contributed by atoms with Gasteiger partial charge < -0.3 is 4.42 Å². The number of furan rings is 1. The van der Waals surface area contributed by atoms with Gasteiger partial charge in [0.15, 0.2) is 0 Å². The maximum absolute atomic E-state index is 5.87. The lowest BCUT2D eigenvalue weighted by Crippen LogP contribution is -1.91. The smallest absolute Gasteiger partial charge is 0.149 e. The number of hydrogen-bond acceptors (Lipinski definition) is 1. The number of halogens is 2. The molecule has 0 saturated carbocycles. The fourth-order valence-electron chi connectivity index (χ4n) is 2.01. The Morgan fingerprint density at radius 2 is 2.07 bits per heavy atom. The average molecular weight is 328 g/mol. The molecule has 0 amide bonds. The summed E-state index contributed by atoms with van der Waals surface area (Å²) in [6.45, 7) is 0. The van der Waals surface area contributed by atoms with Crippen LogP contribution in [0.25, 0.3) is 15.5 Å². The molecule has 0 bridgehead atoms. The van der Waals surface area contributed by atoms with E-state index in [9.17, 15) is 0 Å². The van der Waals surface area contributed by atoms with Crippen molar-refractivity contribution in [3.8, 4) is 0 Å². The van der Waals surface area contributed by atoms with E-state index < -0.39 is 0 Å². The third-order valence-corrected chi connectivity index (χ3v) is 4.01. The summed E-state index contributed by atoms with van der Waals surface area (Å²) in [6.07, 6.45) is 4.31. The van der Waals surface area contributed by atoms with Gasteiger partial charge in [0.25, 0.3) is 0 Å². The van der Waals surface area contributed by atoms with Crippen molar-refractivity contribution >= 4 is 47.3 Å². The number of benzene rings is 1. The van der Waals surface area contributed by atoms with E-state index in [-0.39, 0.29) is 0 Å². The molecule has 1 aliphatic carbocycles. The van der Waals surface area contributed by atoms with Gasteiger partial charge in [-0.15, -0.1) is 0 Å². The highest BCUT2D eigenvalue weighted by Crippen LogP contribution is 2.39. The maximum atomic E-state index is 5.87. The van der Waals surface area contributed by atoms with Crippen LogP contribution in [0.4, 0.5) is 0 Å². The molecule has 0 unspecified atom stereocenters. The zero-order valence-corrected chi connectivity index (χ0v) is 11.1. The van der Waals surface area contributed by atoms with E-state index in [2.05, 4.69) is 50.1 Å². The maximum Gasteiger partial charge on any atom is 0.149 e. The van der Waals surface area contributed by atoms with Crippen LogP contribution in [0.3, 0.4) is 0 Å². The van der Waals surface area contributed by atoms with Crippen molar-refractivity contribution in [2.45, 2.75) is 12.8 Å². The lowest BCUT2D eigenvalue weighted by molar-refractivity contribution is 0.592. The third-order valence-electron chi connectivity index (χ3n) is 2.71. The van der Waals surface area contributed by atoms with Gasteiger partial charge in [-0.3, -0.25) is 0 Å². The minimum Gasteiger partial charge on any atom is -0.454 e. The van der Waals surface area contributed by atoms with Gasteiger partial charge in [-0.2, -0.15) is 0 Å². The molecule has 3 heteroatoms. The number of fused-ring (bicyclic) bond motifs is 3. The van der Waals surface area contributed by atoms with Crippen LogP contribution in [0.15, 0.2) is 33.2 Å². The first-order valence-corrected chi connectivity index (χ1v) is 6.42. The van der Waals surface area contributed by atoms with Crippen LogP contribution in [0, 0.1) is 0 Å². The Balaban J connectivity index is 2.42. The predicted octanol–water partition coefficient (Wildman–Crippen LogP) is 4.88. The molecule has 1 aliphatic rings. The summed E-state index contributed by atoms with van der Waals surface area (Å²) < 4.78 is 7.97. The Morgan fingerprint density at radius 1 is 1.20 bits per heavy atom. The van der Waals surface area contributed by atoms with E-state index in [1.165, 1.54) is 10.9 Å². The zero-order valence-electron chi connectivity index (χ0n) is 7.89. The highest BCUT2D eigenvalue weighted by molar-refractivity contribution is 9.15. The lowest BCUT2D eigenvalue weighted by atomic mass is 10.0. The monoisotopic (exact) mass is 326 g/mol. The minimum absolute atomic E-state index is 0.953. The highest BCUT2D eigenvalue weighted by Gasteiger charge is 2.19. The van der Waals surface area contributed by atoms with Crippen molar-refractivity contribution in [1.29, 1.82) is 0 Å². The van der Waals surface area contributed by atoms with E-state index >= 15 is 0 Å². The minimum atomic E-state index is 0.953. The summed E-state index contributed by atoms with van der Waals surface area (Å²) in [5.74, 6) is 0.989. The van der Waals surface area contributed by atoms with Crippen molar-refractivity contribution in [2.75, 3.05) is 0 Å². The first kappa shape index (κ1) is 9.67. The first-order valence-electron chi connectivity index (χ1n) is 4.83. The molecule has 1 nitrogen and oxygen atoms in total. The van der Waals surface area contributed by atoms with E-state index in [1.807, 2.05) is 6.07 Å². The van der Waals surface area contributed by atoms with Gasteiger partial charge in [-0.05, 0) is 50.8 Å². The van der Waals surface area contributed by atoms with Gasteiger partial charge in [0.05, 0.1) is 8.96 Å². The zero-order chi connectivity index (χ0) is 10.4. The predicted molar refractivity (Wildman–Crippen MR) is 69.1 cm³/mol. The second kappa shape index (κ2) is 3.49. The SMILES string of the molecule is BrC1=CCCc2c1oc1c(Br)cccc21. The molecule has 0 atom stereocenters. The molecule has 1 aromatic carbocycles. The molecule has 0 radical (unpaired) electrons. The molecule has 0 aliphatic heterocycles. The second-order valence-electron chi connectivity index (χ2n) is 3.62. The lowest BCUT2D eigenvalue weighted by Gasteiger charge is -2.06. The summed E-state index contributed by atoms with van der Waals surface area (Å²) in [6, 6.07) is 6.18. The molecular formula is C12H8Br2O. The average Bonchev–Trinajstić information content (AvgIpc) is 2.60. The summed E-state index contributed by atoms with van der Waals surface area (Å²) in [7, 11) is 0. The summed E-state index contributed by atoms with van der Waals surface area (Å²) >= 11 is 7.06. The van der Waals surface area contributed by atoms with Gasteiger partial charge in [-0.25, -0.2) is 0 Å². The molecule has 3 rings (SSSR count). The highest BCUT2D eigenvalue weighted by atomic mass is 79.9. The molecule has 0 spiro atoms.